The van der Waals surface area contributed by atoms with Crippen LogP contribution in [0.3, 0.4) is 0 Å². The molecule has 12 aromatic carbocycles. The maximum atomic E-state index is 2.44. The predicted molar refractivity (Wildman–Crippen MR) is 262 cm³/mol. The van der Waals surface area contributed by atoms with Crippen molar-refractivity contribution in [1.82, 2.24) is 4.57 Å². The molecule has 0 radical (unpaired) electrons. The van der Waals surface area contributed by atoms with Crippen LogP contribution in [0, 0.1) is 0 Å². The summed E-state index contributed by atoms with van der Waals surface area (Å²) in [5, 5.41) is 17.9. The Kier molecular flexibility index (Phi) is 7.37. The van der Waals surface area contributed by atoms with Gasteiger partial charge in [-0.25, -0.2) is 0 Å². The topological polar surface area (TPSA) is 4.93 Å². The first kappa shape index (κ1) is 33.9. The van der Waals surface area contributed by atoms with Gasteiger partial charge in [0.1, 0.15) is 0 Å². The number of para-hydroxylation sites is 2. The van der Waals surface area contributed by atoms with E-state index < -0.39 is 0 Å². The third-order valence-electron chi connectivity index (χ3n) is 13.1. The van der Waals surface area contributed by atoms with Crippen molar-refractivity contribution in [3.63, 3.8) is 0 Å². The summed E-state index contributed by atoms with van der Waals surface area (Å²) in [6.45, 7) is 0. The van der Waals surface area contributed by atoms with Crippen molar-refractivity contribution in [2.75, 3.05) is 0 Å². The van der Waals surface area contributed by atoms with Gasteiger partial charge in [0, 0.05) is 16.5 Å². The Labute approximate surface area is 353 Å². The second kappa shape index (κ2) is 13.3. The fourth-order valence-electron chi connectivity index (χ4n) is 10.4. The predicted octanol–water partition coefficient (Wildman–Crippen LogP) is 16.7. The highest BCUT2D eigenvalue weighted by Gasteiger charge is 2.19. The number of hydrogen-bond donors (Lipinski definition) is 0. The Balaban J connectivity index is 1.02. The summed E-state index contributed by atoms with van der Waals surface area (Å²) in [7, 11) is 0. The lowest BCUT2D eigenvalue weighted by atomic mass is 9.85. The van der Waals surface area contributed by atoms with Crippen LogP contribution in [-0.2, 0) is 0 Å². The Bertz CT molecular complexity index is 3910. The van der Waals surface area contributed by atoms with E-state index in [0.29, 0.717) is 0 Å². The van der Waals surface area contributed by atoms with Gasteiger partial charge in [-0.05, 0) is 134 Å². The quantitative estimate of drug-likeness (QED) is 0.157. The van der Waals surface area contributed by atoms with E-state index in [9.17, 15) is 0 Å². The molecule has 282 valence electrons. The zero-order chi connectivity index (χ0) is 40.0. The van der Waals surface area contributed by atoms with Crippen molar-refractivity contribution in [3.05, 3.63) is 224 Å². The molecule has 0 aliphatic carbocycles. The number of hydrogen-bond acceptors (Lipinski definition) is 0. The molecule has 0 atom stereocenters. The van der Waals surface area contributed by atoms with Gasteiger partial charge in [0.25, 0.3) is 0 Å². The fraction of sp³-hybridized carbons (Fsp3) is 0. The van der Waals surface area contributed by atoms with Crippen LogP contribution in [-0.4, -0.2) is 4.57 Å². The molecule has 0 unspecified atom stereocenters. The van der Waals surface area contributed by atoms with Gasteiger partial charge in [-0.3, -0.25) is 0 Å². The van der Waals surface area contributed by atoms with Crippen LogP contribution in [0.2, 0.25) is 0 Å². The van der Waals surface area contributed by atoms with Gasteiger partial charge in [-0.2, -0.15) is 0 Å². The first-order chi connectivity index (χ1) is 30.3. The molecule has 0 saturated carbocycles. The molecule has 61 heavy (non-hydrogen) atoms. The van der Waals surface area contributed by atoms with E-state index in [-0.39, 0.29) is 0 Å². The first-order valence-corrected chi connectivity index (χ1v) is 21.2. The third kappa shape index (κ3) is 5.08. The SMILES string of the molecule is c1ccc(-c2ccc3c(c2)c2ccccc2c2c4ccc(-c5ccc(-c6ccc7c8ccccc8n(-c8ccccc8)c7c6)c6ccccc56)cc4c4ccccc4c32)cc1. The highest BCUT2D eigenvalue weighted by atomic mass is 15.0. The Morgan fingerprint density at radius 1 is 0.213 bits per heavy atom. The van der Waals surface area contributed by atoms with E-state index in [0.717, 1.165) is 0 Å². The summed E-state index contributed by atoms with van der Waals surface area (Å²) in [6.07, 6.45) is 0. The van der Waals surface area contributed by atoms with Gasteiger partial charge in [-0.15, -0.1) is 0 Å². The molecule has 0 spiro atoms. The molecule has 0 aliphatic heterocycles. The number of nitrogens with zero attached hydrogens (tertiary/aromatic N) is 1. The molecule has 1 heterocycles. The van der Waals surface area contributed by atoms with Crippen LogP contribution in [0.1, 0.15) is 0 Å². The molecule has 13 rings (SSSR count). The van der Waals surface area contributed by atoms with E-state index in [4.69, 9.17) is 0 Å². The molecule has 1 nitrogen and oxygen atoms in total. The second-order valence-electron chi connectivity index (χ2n) is 16.4. The average molecular weight is 772 g/mol. The zero-order valence-corrected chi connectivity index (χ0v) is 33.3. The van der Waals surface area contributed by atoms with Gasteiger partial charge < -0.3 is 4.57 Å². The Hall–Kier alpha value is -8.00. The van der Waals surface area contributed by atoms with Crippen LogP contribution >= 0.6 is 0 Å². The van der Waals surface area contributed by atoms with E-state index in [1.54, 1.807) is 0 Å². The van der Waals surface area contributed by atoms with Crippen molar-refractivity contribution < 1.29 is 0 Å². The molecule has 1 aromatic heterocycles. The lowest BCUT2D eigenvalue weighted by Crippen LogP contribution is -1.93. The molecular formula is C60H37N. The minimum atomic E-state index is 1.17. The summed E-state index contributed by atoms with van der Waals surface area (Å²) in [5.74, 6) is 0. The standard InChI is InChI=1S/C60H37N/c1-3-15-38(16-4-1)39-27-31-53-55(35-39)47-21-9-11-24-51(47)60-54-32-29-40(36-56(54)48-22-10-12-25-52(48)59(53)60)43-33-34-44(46-20-8-7-19-45(43)46)41-28-30-50-49-23-13-14-26-57(49)61(58(50)37-41)42-17-5-2-6-18-42/h1-37H. The monoisotopic (exact) mass is 771 g/mol. The fourth-order valence-corrected chi connectivity index (χ4v) is 10.4. The zero-order valence-electron chi connectivity index (χ0n) is 33.3. The number of rotatable bonds is 4. The Morgan fingerprint density at radius 3 is 1.23 bits per heavy atom. The van der Waals surface area contributed by atoms with Gasteiger partial charge >= 0.3 is 0 Å². The maximum absolute atomic E-state index is 2.44. The summed E-state index contributed by atoms with van der Waals surface area (Å²) in [4.78, 5) is 0. The van der Waals surface area contributed by atoms with E-state index >= 15 is 0 Å². The average Bonchev–Trinajstić information content (AvgIpc) is 3.67. The minimum absolute atomic E-state index is 1.17. The number of fused-ring (bicyclic) bond motifs is 15. The smallest absolute Gasteiger partial charge is 0.0547 e. The molecule has 0 fully saturated rings. The summed E-state index contributed by atoms with van der Waals surface area (Å²) >= 11 is 0. The minimum Gasteiger partial charge on any atom is -0.309 e. The lowest BCUT2D eigenvalue weighted by molar-refractivity contribution is 1.18. The van der Waals surface area contributed by atoms with Gasteiger partial charge in [0.2, 0.25) is 0 Å². The summed E-state index contributed by atoms with van der Waals surface area (Å²) in [6, 6.07) is 83.0. The number of benzene rings is 12. The van der Waals surface area contributed by atoms with Gasteiger partial charge in [0.15, 0.2) is 0 Å². The van der Waals surface area contributed by atoms with Crippen molar-refractivity contribution in [1.29, 1.82) is 0 Å². The van der Waals surface area contributed by atoms with Crippen LogP contribution in [0.15, 0.2) is 224 Å². The first-order valence-electron chi connectivity index (χ1n) is 21.2. The number of aromatic nitrogens is 1. The summed E-state index contributed by atoms with van der Waals surface area (Å²) < 4.78 is 2.40. The van der Waals surface area contributed by atoms with Gasteiger partial charge in [0.05, 0.1) is 11.0 Å². The molecule has 0 N–H and O–H groups in total. The van der Waals surface area contributed by atoms with Crippen molar-refractivity contribution in [2.45, 2.75) is 0 Å². The lowest BCUT2D eigenvalue weighted by Gasteiger charge is -2.18. The largest absolute Gasteiger partial charge is 0.309 e. The van der Waals surface area contributed by atoms with Crippen molar-refractivity contribution in [3.8, 4) is 39.1 Å². The second-order valence-corrected chi connectivity index (χ2v) is 16.4. The van der Waals surface area contributed by atoms with E-state index in [1.165, 1.54) is 126 Å². The molecule has 0 amide bonds. The molecule has 0 saturated heterocycles. The van der Waals surface area contributed by atoms with E-state index in [1.807, 2.05) is 0 Å². The van der Waals surface area contributed by atoms with Gasteiger partial charge in [-0.1, -0.05) is 188 Å². The molecule has 0 aliphatic rings. The van der Waals surface area contributed by atoms with Crippen molar-refractivity contribution >= 4 is 86.4 Å². The van der Waals surface area contributed by atoms with Crippen LogP contribution in [0.4, 0.5) is 0 Å². The molecular weight excluding hydrogens is 735 g/mol. The molecule has 13 aromatic rings. The third-order valence-corrected chi connectivity index (χ3v) is 13.1. The molecule has 1 heteroatoms. The maximum Gasteiger partial charge on any atom is 0.0547 e. The highest BCUT2D eigenvalue weighted by Crippen LogP contribution is 2.46. The van der Waals surface area contributed by atoms with Crippen LogP contribution < -0.4 is 0 Å². The van der Waals surface area contributed by atoms with E-state index in [2.05, 4.69) is 229 Å². The molecule has 0 bridgehead atoms. The Morgan fingerprint density at radius 2 is 0.623 bits per heavy atom. The highest BCUT2D eigenvalue weighted by molar-refractivity contribution is 6.39. The van der Waals surface area contributed by atoms with Crippen LogP contribution in [0.25, 0.3) is 126 Å². The summed E-state index contributed by atoms with van der Waals surface area (Å²) in [5.41, 5.74) is 11.0. The van der Waals surface area contributed by atoms with Crippen molar-refractivity contribution in [2.24, 2.45) is 0 Å². The van der Waals surface area contributed by atoms with Crippen LogP contribution in [0.5, 0.6) is 0 Å². The normalized spacial score (nSPS) is 11.9.